The van der Waals surface area contributed by atoms with Crippen LogP contribution in [0.15, 0.2) is 29.3 Å². The minimum atomic E-state index is 0.553. The van der Waals surface area contributed by atoms with Crippen molar-refractivity contribution in [1.82, 2.24) is 15.5 Å². The van der Waals surface area contributed by atoms with Gasteiger partial charge in [0.05, 0.1) is 0 Å². The first kappa shape index (κ1) is 20.1. The van der Waals surface area contributed by atoms with Crippen molar-refractivity contribution in [2.75, 3.05) is 26.4 Å². The van der Waals surface area contributed by atoms with Gasteiger partial charge >= 0.3 is 0 Å². The van der Waals surface area contributed by atoms with Crippen molar-refractivity contribution in [3.05, 3.63) is 35.4 Å². The molecule has 1 aliphatic rings. The normalized spacial score (nSPS) is 20.9. The van der Waals surface area contributed by atoms with E-state index in [1.807, 2.05) is 18.8 Å². The highest BCUT2D eigenvalue weighted by Gasteiger charge is 2.24. The molecule has 0 heterocycles. The van der Waals surface area contributed by atoms with Crippen LogP contribution < -0.4 is 10.6 Å². The van der Waals surface area contributed by atoms with Crippen molar-refractivity contribution in [3.8, 4) is 0 Å². The Morgan fingerprint density at radius 2 is 2.00 bits per heavy atom. The van der Waals surface area contributed by atoms with Crippen LogP contribution in [0.25, 0.3) is 0 Å². The van der Waals surface area contributed by atoms with Crippen LogP contribution in [-0.2, 0) is 13.1 Å². The van der Waals surface area contributed by atoms with Gasteiger partial charge in [-0.2, -0.15) is 11.8 Å². The second kappa shape index (κ2) is 10.7. The van der Waals surface area contributed by atoms with E-state index in [0.29, 0.717) is 6.04 Å². The van der Waals surface area contributed by atoms with Crippen LogP contribution in [0.5, 0.6) is 0 Å². The van der Waals surface area contributed by atoms with Crippen molar-refractivity contribution in [3.63, 3.8) is 0 Å². The highest BCUT2D eigenvalue weighted by atomic mass is 32.2. The summed E-state index contributed by atoms with van der Waals surface area (Å²) in [5.74, 6) is 0.917. The van der Waals surface area contributed by atoms with E-state index in [1.54, 1.807) is 0 Å². The molecule has 2 rings (SSSR count). The Hall–Kier alpha value is -1.20. The maximum absolute atomic E-state index is 4.39. The van der Waals surface area contributed by atoms with E-state index in [2.05, 4.69) is 64.9 Å². The van der Waals surface area contributed by atoms with Crippen LogP contribution in [0.1, 0.15) is 44.2 Å². The highest BCUT2D eigenvalue weighted by molar-refractivity contribution is 7.99. The molecule has 1 fully saturated rings. The van der Waals surface area contributed by atoms with Crippen molar-refractivity contribution in [2.45, 2.75) is 57.5 Å². The van der Waals surface area contributed by atoms with Crippen LogP contribution in [0.2, 0.25) is 0 Å². The van der Waals surface area contributed by atoms with Crippen LogP contribution >= 0.6 is 11.8 Å². The van der Waals surface area contributed by atoms with Gasteiger partial charge in [-0.1, -0.05) is 38.1 Å². The highest BCUT2D eigenvalue weighted by Crippen LogP contribution is 2.28. The maximum atomic E-state index is 4.39. The molecule has 0 aliphatic heterocycles. The van der Waals surface area contributed by atoms with Crippen molar-refractivity contribution < 1.29 is 0 Å². The van der Waals surface area contributed by atoms with E-state index >= 15 is 0 Å². The molecule has 2 unspecified atom stereocenters. The lowest BCUT2D eigenvalue weighted by Gasteiger charge is -2.19. The zero-order valence-electron chi connectivity index (χ0n) is 16.2. The number of thioether (sulfide) groups is 1. The fourth-order valence-corrected chi connectivity index (χ4v) is 4.20. The molecule has 0 amide bonds. The van der Waals surface area contributed by atoms with E-state index < -0.39 is 0 Å². The summed E-state index contributed by atoms with van der Waals surface area (Å²) in [6.07, 6.45) is 6.00. The number of aliphatic imine (C=N–C) groups is 1. The molecule has 0 bridgehead atoms. The lowest BCUT2D eigenvalue weighted by Crippen LogP contribution is -2.42. The summed E-state index contributed by atoms with van der Waals surface area (Å²) >= 11 is 1.99. The Labute approximate surface area is 157 Å². The third kappa shape index (κ3) is 6.55. The second-order valence-corrected chi connectivity index (χ2v) is 7.86. The predicted octanol–water partition coefficient (Wildman–Crippen LogP) is 3.48. The van der Waals surface area contributed by atoms with Crippen LogP contribution in [-0.4, -0.2) is 48.5 Å². The molecule has 140 valence electrons. The summed E-state index contributed by atoms with van der Waals surface area (Å²) in [6, 6.07) is 9.42. The van der Waals surface area contributed by atoms with E-state index in [1.165, 1.54) is 30.4 Å². The van der Waals surface area contributed by atoms with Gasteiger partial charge in [0, 0.05) is 31.4 Å². The summed E-state index contributed by atoms with van der Waals surface area (Å²) in [5, 5.41) is 7.85. The minimum absolute atomic E-state index is 0.553. The average molecular weight is 363 g/mol. The van der Waals surface area contributed by atoms with Crippen molar-refractivity contribution >= 4 is 17.7 Å². The fraction of sp³-hybridized carbons (Fsp3) is 0.650. The monoisotopic (exact) mass is 362 g/mol. The molecule has 5 heteroatoms. The van der Waals surface area contributed by atoms with Gasteiger partial charge in [0.1, 0.15) is 0 Å². The number of nitrogens with one attached hydrogen (secondary N) is 2. The third-order valence-corrected chi connectivity index (χ3v) is 6.13. The van der Waals surface area contributed by atoms with E-state index in [0.717, 1.165) is 37.4 Å². The maximum Gasteiger partial charge on any atom is 0.191 e. The number of benzene rings is 1. The average Bonchev–Trinajstić information content (AvgIpc) is 3.11. The first-order valence-electron chi connectivity index (χ1n) is 9.48. The third-order valence-electron chi connectivity index (χ3n) is 5.03. The Balaban J connectivity index is 1.85. The number of guanidine groups is 1. The molecule has 1 aliphatic carbocycles. The van der Waals surface area contributed by atoms with Crippen LogP contribution in [0, 0.1) is 0 Å². The summed E-state index contributed by atoms with van der Waals surface area (Å²) in [5.41, 5.74) is 2.69. The van der Waals surface area contributed by atoms with Gasteiger partial charge in [-0.3, -0.25) is 9.89 Å². The van der Waals surface area contributed by atoms with Gasteiger partial charge in [0.15, 0.2) is 5.96 Å². The molecule has 0 spiro atoms. The molecule has 1 aromatic carbocycles. The molecule has 2 N–H and O–H groups in total. The zero-order chi connectivity index (χ0) is 18.1. The van der Waals surface area contributed by atoms with Gasteiger partial charge < -0.3 is 10.6 Å². The Kier molecular flexibility index (Phi) is 8.62. The summed E-state index contributed by atoms with van der Waals surface area (Å²) < 4.78 is 0. The minimum Gasteiger partial charge on any atom is -0.354 e. The number of nitrogens with zero attached hydrogens (tertiary/aromatic N) is 2. The van der Waals surface area contributed by atoms with Crippen LogP contribution in [0.4, 0.5) is 0 Å². The van der Waals surface area contributed by atoms with E-state index in [4.69, 9.17) is 0 Å². The van der Waals surface area contributed by atoms with Gasteiger partial charge in [-0.25, -0.2) is 0 Å². The summed E-state index contributed by atoms with van der Waals surface area (Å²) in [7, 11) is 1.85. The predicted molar refractivity (Wildman–Crippen MR) is 111 cm³/mol. The molecule has 2 atom stereocenters. The van der Waals surface area contributed by atoms with Crippen LogP contribution in [0.3, 0.4) is 0 Å². The molecule has 0 radical (unpaired) electrons. The molecule has 1 aromatic rings. The largest absolute Gasteiger partial charge is 0.354 e. The quantitative estimate of drug-likeness (QED) is 0.549. The molecular weight excluding hydrogens is 328 g/mol. The molecule has 0 aromatic heterocycles. The second-order valence-electron chi connectivity index (χ2n) is 6.72. The first-order chi connectivity index (χ1) is 12.2. The number of hydrogen-bond acceptors (Lipinski definition) is 3. The Morgan fingerprint density at radius 1 is 1.24 bits per heavy atom. The number of rotatable bonds is 8. The molecule has 0 saturated heterocycles. The topological polar surface area (TPSA) is 39.7 Å². The molecular formula is C20H34N4S. The van der Waals surface area contributed by atoms with E-state index in [9.17, 15) is 0 Å². The fourth-order valence-electron chi connectivity index (χ4n) is 3.40. The summed E-state index contributed by atoms with van der Waals surface area (Å²) in [6.45, 7) is 8.45. The zero-order valence-corrected chi connectivity index (χ0v) is 17.0. The van der Waals surface area contributed by atoms with Gasteiger partial charge in [0.25, 0.3) is 0 Å². The Bertz CT molecular complexity index is 542. The first-order valence-corrected chi connectivity index (χ1v) is 10.8. The standard InChI is InChI=1S/C20H34N4S/c1-5-24(6-2)15-17-9-7-8-16(12-17)14-22-20(21-3)23-18-10-11-19(13-18)25-4/h7-9,12,18-19H,5-6,10-11,13-15H2,1-4H3,(H2,21,22,23). The Morgan fingerprint density at radius 3 is 2.64 bits per heavy atom. The number of hydrogen-bond donors (Lipinski definition) is 2. The lowest BCUT2D eigenvalue weighted by molar-refractivity contribution is 0.296. The smallest absolute Gasteiger partial charge is 0.191 e. The van der Waals surface area contributed by atoms with E-state index in [-0.39, 0.29) is 0 Å². The van der Waals surface area contributed by atoms with Gasteiger partial charge in [0.2, 0.25) is 0 Å². The van der Waals surface area contributed by atoms with Crippen molar-refractivity contribution in [1.29, 1.82) is 0 Å². The van der Waals surface area contributed by atoms with Gasteiger partial charge in [-0.15, -0.1) is 0 Å². The van der Waals surface area contributed by atoms with Crippen molar-refractivity contribution in [2.24, 2.45) is 4.99 Å². The van der Waals surface area contributed by atoms with Gasteiger partial charge in [-0.05, 0) is 49.7 Å². The lowest BCUT2D eigenvalue weighted by atomic mass is 10.1. The molecule has 4 nitrogen and oxygen atoms in total. The molecule has 1 saturated carbocycles. The SMILES string of the molecule is CCN(CC)Cc1cccc(CNC(=NC)NC2CCC(SC)C2)c1. The summed E-state index contributed by atoms with van der Waals surface area (Å²) in [4.78, 5) is 6.83. The molecule has 25 heavy (non-hydrogen) atoms.